The first-order valence-electron chi connectivity index (χ1n) is 9.33. The molecule has 2 aliphatic heterocycles. The number of thioether (sulfide) groups is 2. The molecule has 3 rings (SSSR count). The molecule has 0 radical (unpaired) electrons. The van der Waals surface area contributed by atoms with Crippen molar-refractivity contribution in [3.63, 3.8) is 0 Å². The van der Waals surface area contributed by atoms with E-state index < -0.39 is 0 Å². The second-order valence-electron chi connectivity index (χ2n) is 6.91. The smallest absolute Gasteiger partial charge is 0.260 e. The highest BCUT2D eigenvalue weighted by Crippen LogP contribution is 2.50. The van der Waals surface area contributed by atoms with Crippen molar-refractivity contribution in [3.05, 3.63) is 29.8 Å². The second-order valence-corrected chi connectivity index (χ2v) is 10.1. The summed E-state index contributed by atoms with van der Waals surface area (Å²) in [7, 11) is 0. The average molecular weight is 397 g/mol. The Bertz CT molecular complexity index is 591. The number of rotatable bonds is 7. The molecule has 0 saturated carbocycles. The minimum absolute atomic E-state index is 0.0820. The molecule has 2 fully saturated rings. The maximum Gasteiger partial charge on any atom is 0.260 e. The largest absolute Gasteiger partial charge is 0.494 e. The van der Waals surface area contributed by atoms with E-state index in [0.717, 1.165) is 55.2 Å². The molecule has 2 N–H and O–H groups in total. The summed E-state index contributed by atoms with van der Waals surface area (Å²) in [6.07, 6.45) is 4.20. The molecule has 1 aromatic carbocycles. The van der Waals surface area contributed by atoms with E-state index in [9.17, 15) is 4.79 Å². The Morgan fingerprint density at radius 1 is 1.35 bits per heavy atom. The van der Waals surface area contributed by atoms with Crippen molar-refractivity contribution >= 4 is 29.4 Å². The molecular weight excluding hydrogens is 368 g/mol. The van der Waals surface area contributed by atoms with Crippen LogP contribution in [0.4, 0.5) is 0 Å². The predicted molar refractivity (Wildman–Crippen MR) is 108 cm³/mol. The minimum atomic E-state index is -0.298. The topological polar surface area (TPSA) is 61.8 Å². The van der Waals surface area contributed by atoms with Crippen molar-refractivity contribution in [2.75, 3.05) is 24.7 Å². The van der Waals surface area contributed by atoms with Crippen LogP contribution in [-0.4, -0.2) is 50.8 Å². The summed E-state index contributed by atoms with van der Waals surface area (Å²) in [5, 5.41) is 9.15. The highest BCUT2D eigenvalue weighted by molar-refractivity contribution is 8.18. The molecule has 1 amide bonds. The molecule has 1 atom stereocenters. The van der Waals surface area contributed by atoms with Gasteiger partial charge in [-0.15, -0.1) is 23.5 Å². The number of nitrogens with one attached hydrogen (secondary N) is 1. The summed E-state index contributed by atoms with van der Waals surface area (Å²) in [4.78, 5) is 14.4. The molecule has 144 valence electrons. The van der Waals surface area contributed by atoms with Crippen LogP contribution in [0.1, 0.15) is 38.2 Å². The van der Waals surface area contributed by atoms with Crippen molar-refractivity contribution in [2.24, 2.45) is 0 Å². The van der Waals surface area contributed by atoms with Gasteiger partial charge in [0.2, 0.25) is 0 Å². The fourth-order valence-corrected chi connectivity index (χ4v) is 6.90. The summed E-state index contributed by atoms with van der Waals surface area (Å²) in [5.41, 5.74) is 3.02. The van der Waals surface area contributed by atoms with Gasteiger partial charge in [0.25, 0.3) is 5.91 Å². The zero-order valence-corrected chi connectivity index (χ0v) is 16.9. The number of hydrogen-bond acceptors (Lipinski definition) is 6. The van der Waals surface area contributed by atoms with Crippen molar-refractivity contribution in [1.29, 1.82) is 0 Å². The number of carbonyl (C=O) groups is 1. The lowest BCUT2D eigenvalue weighted by molar-refractivity contribution is -0.134. The first-order valence-corrected chi connectivity index (χ1v) is 11.3. The lowest BCUT2D eigenvalue weighted by atomic mass is 10.1. The van der Waals surface area contributed by atoms with Crippen LogP contribution in [0.25, 0.3) is 0 Å². The molecule has 0 bridgehead atoms. The first-order chi connectivity index (χ1) is 12.7. The van der Waals surface area contributed by atoms with Crippen LogP contribution in [0.5, 0.6) is 5.75 Å². The maximum atomic E-state index is 12.2. The van der Waals surface area contributed by atoms with Gasteiger partial charge in [0, 0.05) is 13.1 Å². The fraction of sp³-hybridized carbons (Fsp3) is 0.632. The predicted octanol–water partition coefficient (Wildman–Crippen LogP) is 3.51. The Balaban J connectivity index is 1.65. The summed E-state index contributed by atoms with van der Waals surface area (Å²) >= 11 is 3.94. The van der Waals surface area contributed by atoms with Crippen molar-refractivity contribution in [3.8, 4) is 5.75 Å². The van der Waals surface area contributed by atoms with Crippen LogP contribution < -0.4 is 10.2 Å². The van der Waals surface area contributed by atoms with Gasteiger partial charge in [-0.3, -0.25) is 14.9 Å². The van der Waals surface area contributed by atoms with Gasteiger partial charge in [-0.1, -0.05) is 25.5 Å². The number of carbonyl (C=O) groups excluding carboxylic acids is 1. The van der Waals surface area contributed by atoms with E-state index in [1.807, 2.05) is 41.1 Å². The number of amides is 1. The van der Waals surface area contributed by atoms with E-state index in [0.29, 0.717) is 6.54 Å². The Morgan fingerprint density at radius 2 is 2.08 bits per heavy atom. The van der Waals surface area contributed by atoms with Crippen molar-refractivity contribution in [1.82, 2.24) is 10.4 Å². The number of nitrogens with zero attached hydrogens (tertiary/aromatic N) is 1. The lowest BCUT2D eigenvalue weighted by Crippen LogP contribution is -2.41. The normalized spacial score (nSPS) is 22.5. The summed E-state index contributed by atoms with van der Waals surface area (Å²) in [6, 6.07) is 7.87. The quantitative estimate of drug-likeness (QED) is 0.418. The average Bonchev–Trinajstić information content (AvgIpc) is 3.00. The Kier molecular flexibility index (Phi) is 7.14. The lowest BCUT2D eigenvalue weighted by Gasteiger charge is -2.32. The zero-order valence-electron chi connectivity index (χ0n) is 15.3. The summed E-state index contributed by atoms with van der Waals surface area (Å²) in [6.45, 7) is 4.47. The monoisotopic (exact) mass is 396 g/mol. The van der Waals surface area contributed by atoms with Crippen LogP contribution in [0.2, 0.25) is 0 Å². The van der Waals surface area contributed by atoms with Crippen LogP contribution in [-0.2, 0) is 11.3 Å². The van der Waals surface area contributed by atoms with E-state index in [2.05, 4.69) is 24.0 Å². The molecule has 0 aromatic heterocycles. The molecule has 26 heavy (non-hydrogen) atoms. The summed E-state index contributed by atoms with van der Waals surface area (Å²) < 4.78 is 5.80. The van der Waals surface area contributed by atoms with E-state index in [1.165, 1.54) is 6.42 Å². The fourth-order valence-electron chi connectivity index (χ4n) is 3.49. The van der Waals surface area contributed by atoms with E-state index >= 15 is 0 Å². The summed E-state index contributed by atoms with van der Waals surface area (Å²) in [5.74, 6) is 2.90. The third-order valence-electron chi connectivity index (χ3n) is 4.90. The van der Waals surface area contributed by atoms with Crippen LogP contribution >= 0.6 is 23.5 Å². The number of benzene rings is 1. The van der Waals surface area contributed by atoms with Gasteiger partial charge >= 0.3 is 0 Å². The molecule has 7 heteroatoms. The molecule has 1 aromatic rings. The SMILES string of the molecule is CCCCOc1ccc(CN2CC3(C[C@@H]2C(=O)NO)SCCCS3)cc1. The van der Waals surface area contributed by atoms with Crippen LogP contribution in [0.3, 0.4) is 0 Å². The molecule has 2 aliphatic rings. The maximum absolute atomic E-state index is 12.2. The Hall–Kier alpha value is -0.890. The van der Waals surface area contributed by atoms with Gasteiger partial charge < -0.3 is 4.74 Å². The van der Waals surface area contributed by atoms with Gasteiger partial charge in [-0.2, -0.15) is 0 Å². The standard InChI is InChI=1S/C19H28N2O3S2/c1-2-3-9-24-16-7-5-15(6-8-16)13-21-14-19(25-10-4-11-26-19)12-17(21)18(22)20-23/h5-8,17,23H,2-4,9-14H2,1H3,(H,20,22)/t17-/m1/s1. The molecular formula is C19H28N2O3S2. The van der Waals surface area contributed by atoms with Gasteiger partial charge in [0.05, 0.1) is 16.7 Å². The third kappa shape index (κ3) is 4.88. The second kappa shape index (κ2) is 9.35. The number of hydroxylamine groups is 1. The number of ether oxygens (including phenoxy) is 1. The van der Waals surface area contributed by atoms with E-state index in [4.69, 9.17) is 9.94 Å². The molecule has 0 aliphatic carbocycles. The number of likely N-dealkylation sites (tertiary alicyclic amines) is 1. The molecule has 1 spiro atoms. The van der Waals surface area contributed by atoms with E-state index in [1.54, 1.807) is 0 Å². The Morgan fingerprint density at radius 3 is 2.73 bits per heavy atom. The van der Waals surface area contributed by atoms with E-state index in [-0.39, 0.29) is 16.0 Å². The van der Waals surface area contributed by atoms with Gasteiger partial charge in [0.15, 0.2) is 0 Å². The zero-order chi connectivity index (χ0) is 18.4. The van der Waals surface area contributed by atoms with Crippen molar-refractivity contribution < 1.29 is 14.7 Å². The van der Waals surface area contributed by atoms with Gasteiger partial charge in [-0.25, -0.2) is 5.48 Å². The number of hydrogen-bond donors (Lipinski definition) is 2. The highest BCUT2D eigenvalue weighted by Gasteiger charge is 2.48. The van der Waals surface area contributed by atoms with Gasteiger partial charge in [-0.05, 0) is 48.5 Å². The molecule has 5 nitrogen and oxygen atoms in total. The third-order valence-corrected chi connectivity index (χ3v) is 8.23. The molecule has 2 saturated heterocycles. The van der Waals surface area contributed by atoms with Gasteiger partial charge in [0.1, 0.15) is 5.75 Å². The van der Waals surface area contributed by atoms with Crippen molar-refractivity contribution in [2.45, 2.75) is 49.3 Å². The van der Waals surface area contributed by atoms with Crippen LogP contribution in [0, 0.1) is 0 Å². The number of unbranched alkanes of at least 4 members (excludes halogenated alkanes) is 1. The van der Waals surface area contributed by atoms with Crippen LogP contribution in [0.15, 0.2) is 24.3 Å². The molecule has 0 unspecified atom stereocenters. The highest BCUT2D eigenvalue weighted by atomic mass is 32.2. The Labute approximate surface area is 164 Å². The molecule has 2 heterocycles. The first kappa shape index (κ1) is 19.9. The minimum Gasteiger partial charge on any atom is -0.494 e.